The first kappa shape index (κ1) is 15.2. The van der Waals surface area contributed by atoms with Gasteiger partial charge in [-0.1, -0.05) is 6.07 Å². The van der Waals surface area contributed by atoms with E-state index < -0.39 is 16.5 Å². The zero-order valence-corrected chi connectivity index (χ0v) is 11.8. The van der Waals surface area contributed by atoms with Gasteiger partial charge in [0.1, 0.15) is 11.3 Å². The van der Waals surface area contributed by atoms with Crippen LogP contribution in [0.1, 0.15) is 36.5 Å². The number of hydrogen-bond acceptors (Lipinski definition) is 5. The molecule has 0 radical (unpaired) electrons. The summed E-state index contributed by atoms with van der Waals surface area (Å²) in [5.41, 5.74) is -1.17. The van der Waals surface area contributed by atoms with Crippen LogP contribution >= 0.6 is 0 Å². The van der Waals surface area contributed by atoms with Crippen LogP contribution in [0.4, 0.5) is 11.4 Å². The maximum atomic E-state index is 11.3. The second-order valence-electron chi connectivity index (χ2n) is 5.57. The van der Waals surface area contributed by atoms with Gasteiger partial charge in [0.05, 0.1) is 10.5 Å². The lowest BCUT2D eigenvalue weighted by molar-refractivity contribution is -0.384. The average Bonchev–Trinajstić information content (AvgIpc) is 2.58. The molecule has 114 valence electrons. The van der Waals surface area contributed by atoms with Crippen LogP contribution in [-0.2, 0) is 0 Å². The number of carboxylic acids is 1. The second kappa shape index (κ2) is 5.69. The van der Waals surface area contributed by atoms with Gasteiger partial charge in [0.2, 0.25) is 0 Å². The first-order valence-electron chi connectivity index (χ1n) is 6.80. The monoisotopic (exact) mass is 294 g/mol. The molecule has 1 heterocycles. The van der Waals surface area contributed by atoms with Crippen molar-refractivity contribution >= 4 is 17.3 Å². The number of rotatable bonds is 3. The summed E-state index contributed by atoms with van der Waals surface area (Å²) in [7, 11) is 0. The first-order valence-corrected chi connectivity index (χ1v) is 6.80. The third-order valence-electron chi connectivity index (χ3n) is 3.83. The number of anilines is 1. The van der Waals surface area contributed by atoms with Gasteiger partial charge in [-0.25, -0.2) is 4.79 Å². The van der Waals surface area contributed by atoms with Gasteiger partial charge >= 0.3 is 11.7 Å². The van der Waals surface area contributed by atoms with Gasteiger partial charge in [-0.05, 0) is 38.3 Å². The summed E-state index contributed by atoms with van der Waals surface area (Å²) in [5.74, 6) is -1.31. The van der Waals surface area contributed by atoms with Gasteiger partial charge < -0.3 is 15.1 Å². The summed E-state index contributed by atoms with van der Waals surface area (Å²) in [4.78, 5) is 23.6. The number of para-hydroxylation sites is 1. The van der Waals surface area contributed by atoms with E-state index in [0.717, 1.165) is 0 Å². The fourth-order valence-electron chi connectivity index (χ4n) is 2.66. The number of carbonyl (C=O) groups is 1. The van der Waals surface area contributed by atoms with Crippen LogP contribution in [-0.4, -0.2) is 39.8 Å². The molecule has 0 spiro atoms. The van der Waals surface area contributed by atoms with E-state index >= 15 is 0 Å². The van der Waals surface area contributed by atoms with Gasteiger partial charge in [-0.2, -0.15) is 0 Å². The molecular weight excluding hydrogens is 276 g/mol. The molecule has 1 fully saturated rings. The summed E-state index contributed by atoms with van der Waals surface area (Å²) in [6.45, 7) is 2.76. The van der Waals surface area contributed by atoms with Crippen molar-refractivity contribution in [3.8, 4) is 0 Å². The highest BCUT2D eigenvalue weighted by Crippen LogP contribution is 2.34. The van der Waals surface area contributed by atoms with E-state index in [2.05, 4.69) is 0 Å². The minimum atomic E-state index is -1.31. The summed E-state index contributed by atoms with van der Waals surface area (Å²) in [5, 5.41) is 30.5. The summed E-state index contributed by atoms with van der Waals surface area (Å²) >= 11 is 0. The third-order valence-corrected chi connectivity index (χ3v) is 3.83. The molecule has 0 saturated carbocycles. The Hall–Kier alpha value is -2.15. The molecule has 7 heteroatoms. The van der Waals surface area contributed by atoms with Crippen molar-refractivity contribution in [2.24, 2.45) is 0 Å². The number of hydrogen-bond donors (Lipinski definition) is 2. The normalized spacial score (nSPS) is 22.7. The summed E-state index contributed by atoms with van der Waals surface area (Å²) < 4.78 is 0. The molecule has 2 rings (SSSR count). The zero-order valence-electron chi connectivity index (χ0n) is 11.8. The number of carboxylic acid groups (broad SMARTS) is 1. The Morgan fingerprint density at radius 1 is 1.38 bits per heavy atom. The molecule has 0 amide bonds. The number of nitrogens with zero attached hydrogens (tertiary/aromatic N) is 2. The average molecular weight is 294 g/mol. The standard InChI is InChI=1S/C14H18N2O5/c1-14(19)6-3-8-15(9-7-14)11-5-2-4-10(13(17)18)12(11)16(20)21/h2,4-5,19H,3,6-9H2,1H3,(H,17,18). The van der Waals surface area contributed by atoms with Crippen LogP contribution in [0.2, 0.25) is 0 Å². The number of nitro benzene ring substituents is 1. The molecule has 0 aromatic heterocycles. The van der Waals surface area contributed by atoms with Crippen molar-refractivity contribution in [2.75, 3.05) is 18.0 Å². The fourth-order valence-corrected chi connectivity index (χ4v) is 2.66. The largest absolute Gasteiger partial charge is 0.477 e. The molecule has 1 aliphatic rings. The fraction of sp³-hybridized carbons (Fsp3) is 0.500. The van der Waals surface area contributed by atoms with Gasteiger partial charge in [0, 0.05) is 13.1 Å². The van der Waals surface area contributed by atoms with Gasteiger partial charge in [-0.3, -0.25) is 10.1 Å². The minimum absolute atomic E-state index is 0.303. The van der Waals surface area contributed by atoms with Crippen LogP contribution in [0.5, 0.6) is 0 Å². The summed E-state index contributed by atoms with van der Waals surface area (Å²) in [6.07, 6.45) is 1.80. The molecule has 1 saturated heterocycles. The van der Waals surface area contributed by atoms with Crippen molar-refractivity contribution < 1.29 is 19.9 Å². The molecule has 0 aliphatic carbocycles. The van der Waals surface area contributed by atoms with E-state index in [9.17, 15) is 20.0 Å². The van der Waals surface area contributed by atoms with Crippen LogP contribution in [0.25, 0.3) is 0 Å². The van der Waals surface area contributed by atoms with Crippen LogP contribution in [0, 0.1) is 10.1 Å². The molecule has 21 heavy (non-hydrogen) atoms. The highest BCUT2D eigenvalue weighted by molar-refractivity contribution is 5.95. The quantitative estimate of drug-likeness (QED) is 0.653. The third kappa shape index (κ3) is 3.30. The predicted octanol–water partition coefficient (Wildman–Crippen LogP) is 2.03. The van der Waals surface area contributed by atoms with Gasteiger partial charge in [0.15, 0.2) is 0 Å². The van der Waals surface area contributed by atoms with Crippen LogP contribution in [0.3, 0.4) is 0 Å². The number of nitro groups is 1. The highest BCUT2D eigenvalue weighted by atomic mass is 16.6. The number of aliphatic hydroxyl groups is 1. The van der Waals surface area contributed by atoms with E-state index in [4.69, 9.17) is 5.11 Å². The van der Waals surface area contributed by atoms with Gasteiger partial charge in [-0.15, -0.1) is 0 Å². The molecule has 1 aromatic carbocycles. The Kier molecular flexibility index (Phi) is 4.13. The lowest BCUT2D eigenvalue weighted by Crippen LogP contribution is -2.29. The van der Waals surface area contributed by atoms with Crippen molar-refractivity contribution in [3.05, 3.63) is 33.9 Å². The molecule has 1 unspecified atom stereocenters. The molecular formula is C14H18N2O5. The first-order chi connectivity index (χ1) is 9.82. The maximum absolute atomic E-state index is 11.3. The Morgan fingerprint density at radius 3 is 2.71 bits per heavy atom. The van der Waals surface area contributed by atoms with Gasteiger partial charge in [0.25, 0.3) is 0 Å². The predicted molar refractivity (Wildman–Crippen MR) is 76.7 cm³/mol. The molecule has 0 bridgehead atoms. The molecule has 1 aromatic rings. The topological polar surface area (TPSA) is 104 Å². The lowest BCUT2D eigenvalue weighted by atomic mass is 9.98. The van der Waals surface area contributed by atoms with Crippen molar-refractivity contribution in [2.45, 2.75) is 31.8 Å². The van der Waals surface area contributed by atoms with Crippen LogP contribution < -0.4 is 4.90 Å². The lowest BCUT2D eigenvalue weighted by Gasteiger charge is -2.24. The van der Waals surface area contributed by atoms with E-state index in [0.29, 0.717) is 38.0 Å². The Bertz CT molecular complexity index is 570. The van der Waals surface area contributed by atoms with Crippen molar-refractivity contribution in [1.82, 2.24) is 0 Å². The SMILES string of the molecule is CC1(O)CCCN(c2cccc(C(=O)O)c2[N+](=O)[O-])CC1. The van der Waals surface area contributed by atoms with E-state index in [-0.39, 0.29) is 11.3 Å². The maximum Gasteiger partial charge on any atom is 0.342 e. The Morgan fingerprint density at radius 2 is 2.10 bits per heavy atom. The van der Waals surface area contributed by atoms with Crippen molar-refractivity contribution in [3.63, 3.8) is 0 Å². The Labute approximate surface area is 122 Å². The molecule has 2 N–H and O–H groups in total. The van der Waals surface area contributed by atoms with E-state index in [1.807, 2.05) is 0 Å². The number of aromatic carboxylic acids is 1. The van der Waals surface area contributed by atoms with Crippen LogP contribution in [0.15, 0.2) is 18.2 Å². The number of benzene rings is 1. The van der Waals surface area contributed by atoms with E-state index in [1.54, 1.807) is 17.9 Å². The zero-order chi connectivity index (χ0) is 15.6. The van der Waals surface area contributed by atoms with E-state index in [1.165, 1.54) is 12.1 Å². The second-order valence-corrected chi connectivity index (χ2v) is 5.57. The molecule has 7 nitrogen and oxygen atoms in total. The highest BCUT2D eigenvalue weighted by Gasteiger charge is 2.30. The summed E-state index contributed by atoms with van der Waals surface area (Å²) in [6, 6.07) is 4.30. The Balaban J connectivity index is 2.41. The van der Waals surface area contributed by atoms with Crippen molar-refractivity contribution in [1.29, 1.82) is 0 Å². The smallest absolute Gasteiger partial charge is 0.342 e. The molecule has 1 aliphatic heterocycles. The molecule has 1 atom stereocenters. The minimum Gasteiger partial charge on any atom is -0.477 e.